The number of rotatable bonds is 3. The molecule has 108 valence electrons. The van der Waals surface area contributed by atoms with Crippen molar-refractivity contribution in [2.75, 3.05) is 39.5 Å². The van der Waals surface area contributed by atoms with E-state index in [-0.39, 0.29) is 11.5 Å². The van der Waals surface area contributed by atoms with Crippen LogP contribution in [-0.4, -0.2) is 61.9 Å². The highest BCUT2D eigenvalue weighted by atomic mass is 16.6. The van der Waals surface area contributed by atoms with Gasteiger partial charge in [0.15, 0.2) is 0 Å². The SMILES string of the molecule is O=C(CNC1CCOC2(CCOC2)C1)N1CCCC1. The maximum Gasteiger partial charge on any atom is 0.236 e. The van der Waals surface area contributed by atoms with Crippen LogP contribution in [0.5, 0.6) is 0 Å². The molecule has 0 bridgehead atoms. The van der Waals surface area contributed by atoms with Crippen molar-refractivity contribution >= 4 is 5.91 Å². The lowest BCUT2D eigenvalue weighted by Gasteiger charge is -2.37. The standard InChI is InChI=1S/C14H24N2O3/c17-13(16-5-1-2-6-16)10-15-12-3-7-19-14(9-12)4-8-18-11-14/h12,15H,1-11H2. The molecule has 1 spiro atoms. The highest BCUT2D eigenvalue weighted by molar-refractivity contribution is 5.78. The molecule has 3 saturated heterocycles. The van der Waals surface area contributed by atoms with E-state index in [9.17, 15) is 4.79 Å². The van der Waals surface area contributed by atoms with Crippen molar-refractivity contribution in [2.24, 2.45) is 0 Å². The van der Waals surface area contributed by atoms with Crippen LogP contribution in [0.25, 0.3) is 0 Å². The predicted molar refractivity (Wildman–Crippen MR) is 71.0 cm³/mol. The van der Waals surface area contributed by atoms with Gasteiger partial charge in [-0.2, -0.15) is 0 Å². The van der Waals surface area contributed by atoms with Gasteiger partial charge in [0.1, 0.15) is 0 Å². The molecule has 2 unspecified atom stereocenters. The van der Waals surface area contributed by atoms with Crippen molar-refractivity contribution < 1.29 is 14.3 Å². The van der Waals surface area contributed by atoms with Gasteiger partial charge in [0.25, 0.3) is 0 Å². The summed E-state index contributed by atoms with van der Waals surface area (Å²) in [7, 11) is 0. The van der Waals surface area contributed by atoms with Crippen LogP contribution >= 0.6 is 0 Å². The topological polar surface area (TPSA) is 50.8 Å². The molecule has 3 heterocycles. The van der Waals surface area contributed by atoms with E-state index < -0.39 is 0 Å². The van der Waals surface area contributed by atoms with E-state index in [1.807, 2.05) is 4.90 Å². The molecule has 1 amide bonds. The lowest BCUT2D eigenvalue weighted by Crippen LogP contribution is -2.49. The maximum absolute atomic E-state index is 12.0. The van der Waals surface area contributed by atoms with Gasteiger partial charge in [-0.3, -0.25) is 4.79 Å². The second kappa shape index (κ2) is 5.77. The Kier molecular flexibility index (Phi) is 4.05. The quantitative estimate of drug-likeness (QED) is 0.811. The molecule has 5 heteroatoms. The van der Waals surface area contributed by atoms with Gasteiger partial charge in [0.2, 0.25) is 5.91 Å². The number of hydrogen-bond acceptors (Lipinski definition) is 4. The van der Waals surface area contributed by atoms with Gasteiger partial charge in [0.05, 0.1) is 18.8 Å². The molecule has 0 aromatic carbocycles. The third-order valence-electron chi connectivity index (χ3n) is 4.56. The minimum absolute atomic E-state index is 0.0768. The number of amides is 1. The number of ether oxygens (including phenoxy) is 2. The first-order valence-electron chi connectivity index (χ1n) is 7.50. The Morgan fingerprint density at radius 2 is 2.16 bits per heavy atom. The van der Waals surface area contributed by atoms with Gasteiger partial charge in [-0.15, -0.1) is 0 Å². The lowest BCUT2D eigenvalue weighted by atomic mass is 9.90. The van der Waals surface area contributed by atoms with E-state index in [0.29, 0.717) is 19.2 Å². The summed E-state index contributed by atoms with van der Waals surface area (Å²) in [6.45, 7) is 4.64. The minimum atomic E-state index is -0.0768. The highest BCUT2D eigenvalue weighted by Crippen LogP contribution is 2.32. The van der Waals surface area contributed by atoms with Crippen molar-refractivity contribution in [3.8, 4) is 0 Å². The van der Waals surface area contributed by atoms with E-state index in [1.165, 1.54) is 0 Å². The first kappa shape index (κ1) is 13.3. The van der Waals surface area contributed by atoms with Crippen LogP contribution in [0.2, 0.25) is 0 Å². The Labute approximate surface area is 114 Å². The average molecular weight is 268 g/mol. The molecule has 3 aliphatic heterocycles. The summed E-state index contributed by atoms with van der Waals surface area (Å²) >= 11 is 0. The monoisotopic (exact) mass is 268 g/mol. The maximum atomic E-state index is 12.0. The van der Waals surface area contributed by atoms with E-state index in [0.717, 1.165) is 58.4 Å². The fourth-order valence-corrected chi connectivity index (χ4v) is 3.38. The van der Waals surface area contributed by atoms with E-state index in [2.05, 4.69) is 5.32 Å². The largest absolute Gasteiger partial charge is 0.378 e. The normalized spacial score (nSPS) is 35.2. The number of nitrogens with zero attached hydrogens (tertiary/aromatic N) is 1. The fourth-order valence-electron chi connectivity index (χ4n) is 3.38. The van der Waals surface area contributed by atoms with Crippen molar-refractivity contribution in [1.29, 1.82) is 0 Å². The molecule has 5 nitrogen and oxygen atoms in total. The molecule has 1 N–H and O–H groups in total. The molecule has 0 aromatic heterocycles. The van der Waals surface area contributed by atoms with Crippen LogP contribution in [0.4, 0.5) is 0 Å². The number of nitrogens with one attached hydrogen (secondary N) is 1. The van der Waals surface area contributed by atoms with Gasteiger partial charge in [0, 0.05) is 38.8 Å². The average Bonchev–Trinajstić information content (AvgIpc) is 3.08. The van der Waals surface area contributed by atoms with Crippen molar-refractivity contribution in [3.63, 3.8) is 0 Å². The number of carbonyl (C=O) groups is 1. The van der Waals surface area contributed by atoms with Crippen LogP contribution in [0.15, 0.2) is 0 Å². The van der Waals surface area contributed by atoms with Crippen molar-refractivity contribution in [2.45, 2.75) is 43.7 Å². The van der Waals surface area contributed by atoms with Gasteiger partial charge in [-0.05, 0) is 25.7 Å². The van der Waals surface area contributed by atoms with Gasteiger partial charge < -0.3 is 19.7 Å². The predicted octanol–water partition coefficient (Wildman–Crippen LogP) is 0.536. The van der Waals surface area contributed by atoms with Crippen LogP contribution in [0, 0.1) is 0 Å². The molecule has 2 atom stereocenters. The van der Waals surface area contributed by atoms with Crippen LogP contribution in [0.3, 0.4) is 0 Å². The molecule has 0 saturated carbocycles. The summed E-state index contributed by atoms with van der Waals surface area (Å²) in [5.41, 5.74) is -0.0768. The summed E-state index contributed by atoms with van der Waals surface area (Å²) in [5, 5.41) is 3.42. The zero-order valence-corrected chi connectivity index (χ0v) is 11.5. The fraction of sp³-hybridized carbons (Fsp3) is 0.929. The third kappa shape index (κ3) is 3.09. The van der Waals surface area contributed by atoms with Crippen LogP contribution in [0.1, 0.15) is 32.1 Å². The van der Waals surface area contributed by atoms with E-state index in [4.69, 9.17) is 9.47 Å². The van der Waals surface area contributed by atoms with E-state index in [1.54, 1.807) is 0 Å². The van der Waals surface area contributed by atoms with Gasteiger partial charge in [-0.1, -0.05) is 0 Å². The Balaban J connectivity index is 1.45. The highest BCUT2D eigenvalue weighted by Gasteiger charge is 2.40. The molecular formula is C14H24N2O3. The first-order chi connectivity index (χ1) is 9.27. The summed E-state index contributed by atoms with van der Waals surface area (Å²) < 4.78 is 11.4. The zero-order chi connectivity index (χ0) is 13.1. The Hall–Kier alpha value is -0.650. The van der Waals surface area contributed by atoms with E-state index >= 15 is 0 Å². The molecule has 3 fully saturated rings. The number of carbonyl (C=O) groups excluding carboxylic acids is 1. The van der Waals surface area contributed by atoms with Crippen molar-refractivity contribution in [1.82, 2.24) is 10.2 Å². The molecule has 0 radical (unpaired) electrons. The summed E-state index contributed by atoms with van der Waals surface area (Å²) in [6, 6.07) is 0.391. The second-order valence-corrected chi connectivity index (χ2v) is 5.99. The Morgan fingerprint density at radius 1 is 1.32 bits per heavy atom. The summed E-state index contributed by atoms with van der Waals surface area (Å²) in [5.74, 6) is 0.251. The molecule has 3 aliphatic rings. The minimum Gasteiger partial charge on any atom is -0.378 e. The van der Waals surface area contributed by atoms with Crippen LogP contribution < -0.4 is 5.32 Å². The molecule has 0 aliphatic carbocycles. The second-order valence-electron chi connectivity index (χ2n) is 5.99. The van der Waals surface area contributed by atoms with Gasteiger partial charge >= 0.3 is 0 Å². The molecular weight excluding hydrogens is 244 g/mol. The first-order valence-corrected chi connectivity index (χ1v) is 7.50. The Bertz CT molecular complexity index is 323. The smallest absolute Gasteiger partial charge is 0.236 e. The Morgan fingerprint density at radius 3 is 2.89 bits per heavy atom. The third-order valence-corrected chi connectivity index (χ3v) is 4.56. The van der Waals surface area contributed by atoms with Crippen molar-refractivity contribution in [3.05, 3.63) is 0 Å². The molecule has 0 aromatic rings. The van der Waals surface area contributed by atoms with Crippen LogP contribution in [-0.2, 0) is 14.3 Å². The number of hydrogen-bond donors (Lipinski definition) is 1. The summed E-state index contributed by atoms with van der Waals surface area (Å²) in [6.07, 6.45) is 5.27. The molecule has 3 rings (SSSR count). The summed E-state index contributed by atoms with van der Waals surface area (Å²) in [4.78, 5) is 14.0. The zero-order valence-electron chi connectivity index (χ0n) is 11.5. The number of likely N-dealkylation sites (tertiary alicyclic amines) is 1. The molecule has 19 heavy (non-hydrogen) atoms. The lowest BCUT2D eigenvalue weighted by molar-refractivity contribution is -0.130. The van der Waals surface area contributed by atoms with Gasteiger partial charge in [-0.25, -0.2) is 0 Å².